The van der Waals surface area contributed by atoms with E-state index in [1.807, 2.05) is 30.4 Å². The summed E-state index contributed by atoms with van der Waals surface area (Å²) in [6.07, 6.45) is 24.7. The van der Waals surface area contributed by atoms with Gasteiger partial charge in [-0.3, -0.25) is 4.79 Å². The third-order valence-corrected chi connectivity index (χ3v) is 3.00. The Kier molecular flexibility index (Phi) is 15.2. The van der Waals surface area contributed by atoms with Gasteiger partial charge < -0.3 is 10.2 Å². The van der Waals surface area contributed by atoms with Crippen LogP contribution < -0.4 is 0 Å². The Morgan fingerprint density at radius 3 is 2.35 bits per heavy atom. The van der Waals surface area contributed by atoms with E-state index in [0.717, 1.165) is 25.7 Å². The number of hydrogen-bond donors (Lipinski definition) is 2. The van der Waals surface area contributed by atoms with Gasteiger partial charge in [-0.25, -0.2) is 0 Å². The van der Waals surface area contributed by atoms with Crippen LogP contribution in [0.5, 0.6) is 0 Å². The molecule has 0 saturated heterocycles. The van der Waals surface area contributed by atoms with E-state index in [9.17, 15) is 9.90 Å². The molecule has 0 saturated carbocycles. The quantitative estimate of drug-likeness (QED) is 0.286. The van der Waals surface area contributed by atoms with Crippen LogP contribution in [0.1, 0.15) is 51.9 Å². The zero-order valence-electron chi connectivity index (χ0n) is 14.1. The molecule has 0 amide bonds. The van der Waals surface area contributed by atoms with Gasteiger partial charge in [-0.05, 0) is 38.5 Å². The van der Waals surface area contributed by atoms with Crippen molar-refractivity contribution < 1.29 is 15.0 Å². The van der Waals surface area contributed by atoms with Gasteiger partial charge >= 0.3 is 5.97 Å². The maximum absolute atomic E-state index is 10.3. The lowest BCUT2D eigenvalue weighted by atomic mass is 10.2. The second-order valence-electron chi connectivity index (χ2n) is 5.20. The molecule has 2 N–H and O–H groups in total. The van der Waals surface area contributed by atoms with Crippen molar-refractivity contribution >= 4 is 5.97 Å². The summed E-state index contributed by atoms with van der Waals surface area (Å²) >= 11 is 0. The minimum Gasteiger partial charge on any atom is -0.481 e. The average molecular weight is 318 g/mol. The molecule has 0 heterocycles. The van der Waals surface area contributed by atoms with Crippen LogP contribution >= 0.6 is 0 Å². The summed E-state index contributed by atoms with van der Waals surface area (Å²) < 4.78 is 0. The van der Waals surface area contributed by atoms with E-state index in [1.165, 1.54) is 0 Å². The normalized spacial score (nSPS) is 14.2. The van der Waals surface area contributed by atoms with Gasteiger partial charge in [0.1, 0.15) is 0 Å². The van der Waals surface area contributed by atoms with Gasteiger partial charge in [-0.15, -0.1) is 0 Å². The molecule has 0 aliphatic carbocycles. The molecule has 1 atom stereocenters. The highest BCUT2D eigenvalue weighted by Gasteiger charge is 1.93. The smallest absolute Gasteiger partial charge is 0.303 e. The summed E-state index contributed by atoms with van der Waals surface area (Å²) in [4.78, 5) is 10.3. The molecule has 0 unspecified atom stereocenters. The summed E-state index contributed by atoms with van der Waals surface area (Å²) in [6.45, 7) is 2.07. The van der Waals surface area contributed by atoms with E-state index in [2.05, 4.69) is 31.2 Å². The van der Waals surface area contributed by atoms with E-state index in [1.54, 1.807) is 6.08 Å². The van der Waals surface area contributed by atoms with Gasteiger partial charge in [0, 0.05) is 6.42 Å². The molecule has 0 rings (SSSR count). The highest BCUT2D eigenvalue weighted by Crippen LogP contribution is 1.99. The number of hydrogen-bond acceptors (Lipinski definition) is 2. The van der Waals surface area contributed by atoms with Crippen LogP contribution in [0, 0.1) is 0 Å². The van der Waals surface area contributed by atoms with Gasteiger partial charge in [0.15, 0.2) is 0 Å². The van der Waals surface area contributed by atoms with Crippen molar-refractivity contribution in [1.82, 2.24) is 0 Å². The van der Waals surface area contributed by atoms with Crippen molar-refractivity contribution in [3.05, 3.63) is 60.8 Å². The molecule has 3 nitrogen and oxygen atoms in total. The van der Waals surface area contributed by atoms with Crippen molar-refractivity contribution in [2.75, 3.05) is 0 Å². The zero-order chi connectivity index (χ0) is 17.2. The molecule has 23 heavy (non-hydrogen) atoms. The minimum absolute atomic E-state index is 0.238. The van der Waals surface area contributed by atoms with Crippen LogP contribution in [0.4, 0.5) is 0 Å². The first kappa shape index (κ1) is 21.1. The standard InChI is InChI=1S/C20H30O3/c1-2-3-13-16-19(21)17-14-11-9-7-5-4-6-8-10-12-15-18-20(22)23/h3-5,8-11,13-14,17,19,21H,2,6-7,12,15-16,18H2,1H3,(H,22,23)/b5-4-,10-8-,11-9-,13-3-,17-14+/t19-/m0/s1. The van der Waals surface area contributed by atoms with E-state index in [0.29, 0.717) is 12.8 Å². The molecule has 128 valence electrons. The first-order valence-electron chi connectivity index (χ1n) is 8.35. The number of carboxylic acids is 1. The number of unbranched alkanes of at least 4 members (excludes halogenated alkanes) is 1. The van der Waals surface area contributed by atoms with Crippen molar-refractivity contribution in [3.63, 3.8) is 0 Å². The number of rotatable bonds is 13. The van der Waals surface area contributed by atoms with Gasteiger partial charge in [-0.2, -0.15) is 0 Å². The van der Waals surface area contributed by atoms with Crippen LogP contribution in [0.25, 0.3) is 0 Å². The van der Waals surface area contributed by atoms with Crippen molar-refractivity contribution in [2.45, 2.75) is 58.0 Å². The Balaban J connectivity index is 3.63. The highest BCUT2D eigenvalue weighted by molar-refractivity contribution is 5.66. The molecule has 0 radical (unpaired) electrons. The van der Waals surface area contributed by atoms with E-state index < -0.39 is 12.1 Å². The number of aliphatic hydroxyl groups is 1. The molecule has 0 fully saturated rings. The number of allylic oxidation sites excluding steroid dienone is 8. The lowest BCUT2D eigenvalue weighted by Crippen LogP contribution is -1.98. The summed E-state index contributed by atoms with van der Waals surface area (Å²) in [5.74, 6) is -0.732. The lowest BCUT2D eigenvalue weighted by Gasteiger charge is -1.98. The second kappa shape index (κ2) is 16.5. The van der Waals surface area contributed by atoms with Crippen LogP contribution in [-0.2, 0) is 4.79 Å². The van der Waals surface area contributed by atoms with Crippen LogP contribution in [0.15, 0.2) is 60.8 Å². The topological polar surface area (TPSA) is 57.5 Å². The fourth-order valence-corrected chi connectivity index (χ4v) is 1.77. The maximum Gasteiger partial charge on any atom is 0.303 e. The van der Waals surface area contributed by atoms with Crippen molar-refractivity contribution in [1.29, 1.82) is 0 Å². The molecule has 0 aromatic heterocycles. The Labute approximate surface area is 140 Å². The largest absolute Gasteiger partial charge is 0.481 e. The molecule has 0 aliphatic rings. The van der Waals surface area contributed by atoms with Crippen LogP contribution in [0.3, 0.4) is 0 Å². The van der Waals surface area contributed by atoms with E-state index in [-0.39, 0.29) is 6.42 Å². The molecular weight excluding hydrogens is 288 g/mol. The van der Waals surface area contributed by atoms with E-state index in [4.69, 9.17) is 5.11 Å². The second-order valence-corrected chi connectivity index (χ2v) is 5.20. The summed E-state index contributed by atoms with van der Waals surface area (Å²) in [5, 5.41) is 18.1. The Bertz CT molecular complexity index is 428. The van der Waals surface area contributed by atoms with Crippen LogP contribution in [0.2, 0.25) is 0 Å². The first-order chi connectivity index (χ1) is 11.2. The molecule has 0 aliphatic heterocycles. The minimum atomic E-state index is -0.732. The monoisotopic (exact) mass is 318 g/mol. The lowest BCUT2D eigenvalue weighted by molar-refractivity contribution is -0.137. The Hall–Kier alpha value is -1.87. The molecular formula is C20H30O3. The van der Waals surface area contributed by atoms with Gasteiger partial charge in [-0.1, -0.05) is 67.7 Å². The first-order valence-corrected chi connectivity index (χ1v) is 8.35. The molecule has 0 aromatic carbocycles. The van der Waals surface area contributed by atoms with Crippen LogP contribution in [-0.4, -0.2) is 22.3 Å². The predicted octanol–water partition coefficient (Wildman–Crippen LogP) is 4.96. The van der Waals surface area contributed by atoms with Crippen molar-refractivity contribution in [2.24, 2.45) is 0 Å². The Morgan fingerprint density at radius 1 is 0.957 bits per heavy atom. The SMILES string of the molecule is CC/C=C\C[C@H](O)/C=C/C=C\C/C=C\C/C=C\CCCC(=O)O. The fraction of sp³-hybridized carbons (Fsp3) is 0.450. The highest BCUT2D eigenvalue weighted by atomic mass is 16.4. The number of carboxylic acid groups (broad SMARTS) is 1. The third-order valence-electron chi connectivity index (χ3n) is 3.00. The zero-order valence-corrected chi connectivity index (χ0v) is 14.1. The van der Waals surface area contributed by atoms with Crippen molar-refractivity contribution in [3.8, 4) is 0 Å². The number of aliphatic carboxylic acids is 1. The molecule has 3 heteroatoms. The fourth-order valence-electron chi connectivity index (χ4n) is 1.77. The van der Waals surface area contributed by atoms with Gasteiger partial charge in [0.2, 0.25) is 0 Å². The number of aliphatic hydroxyl groups excluding tert-OH is 1. The third kappa shape index (κ3) is 18.1. The maximum atomic E-state index is 10.3. The summed E-state index contributed by atoms with van der Waals surface area (Å²) in [6, 6.07) is 0. The average Bonchev–Trinajstić information content (AvgIpc) is 2.51. The predicted molar refractivity (Wildman–Crippen MR) is 97.3 cm³/mol. The Morgan fingerprint density at radius 2 is 1.65 bits per heavy atom. The molecule has 0 aromatic rings. The summed E-state index contributed by atoms with van der Waals surface area (Å²) in [7, 11) is 0. The molecule has 0 bridgehead atoms. The van der Waals surface area contributed by atoms with Gasteiger partial charge in [0.25, 0.3) is 0 Å². The summed E-state index contributed by atoms with van der Waals surface area (Å²) in [5.41, 5.74) is 0. The van der Waals surface area contributed by atoms with Gasteiger partial charge in [0.05, 0.1) is 6.10 Å². The van der Waals surface area contributed by atoms with E-state index >= 15 is 0 Å². The molecule has 0 spiro atoms. The number of carbonyl (C=O) groups is 1.